The van der Waals surface area contributed by atoms with E-state index in [1.54, 1.807) is 30.5 Å². The number of aromatic nitrogens is 1. The molecule has 1 aromatic heterocycles. The van der Waals surface area contributed by atoms with Crippen molar-refractivity contribution in [2.75, 3.05) is 0 Å². The van der Waals surface area contributed by atoms with Crippen LogP contribution >= 0.6 is 11.6 Å². The monoisotopic (exact) mass is 395 g/mol. The molecule has 2 aromatic carbocycles. The summed E-state index contributed by atoms with van der Waals surface area (Å²) in [6, 6.07) is 16.5. The summed E-state index contributed by atoms with van der Waals surface area (Å²) in [5.41, 5.74) is 7.90. The standard InChI is InChI=1S/C22H22ClN3O2/c1-14-9-10-19(23)12-20(14)26-15(2)11-18(16(26)3)13-24-25-22(28)21(27)17-7-5-4-6-8-17/h4-13,21,27H,1-3H3,(H,25,28)/b24-13-/t21-/m0/s1. The molecule has 2 N–H and O–H groups in total. The average Bonchev–Trinajstić information content (AvgIpc) is 2.97. The van der Waals surface area contributed by atoms with Crippen LogP contribution in [0.25, 0.3) is 5.69 Å². The molecular formula is C22H22ClN3O2. The van der Waals surface area contributed by atoms with E-state index in [1.807, 2.05) is 51.1 Å². The molecule has 1 atom stereocenters. The summed E-state index contributed by atoms with van der Waals surface area (Å²) in [5, 5.41) is 14.8. The Bertz CT molecular complexity index is 1030. The van der Waals surface area contributed by atoms with Crippen molar-refractivity contribution >= 4 is 23.7 Å². The molecule has 28 heavy (non-hydrogen) atoms. The van der Waals surface area contributed by atoms with Crippen LogP contribution < -0.4 is 5.43 Å². The summed E-state index contributed by atoms with van der Waals surface area (Å²) >= 11 is 6.17. The average molecular weight is 396 g/mol. The van der Waals surface area contributed by atoms with Gasteiger partial charge >= 0.3 is 0 Å². The van der Waals surface area contributed by atoms with Crippen LogP contribution in [0.2, 0.25) is 5.02 Å². The molecule has 1 amide bonds. The molecular weight excluding hydrogens is 374 g/mol. The first-order valence-electron chi connectivity index (χ1n) is 8.90. The Morgan fingerprint density at radius 2 is 1.86 bits per heavy atom. The molecule has 1 heterocycles. The number of halogens is 1. The molecule has 3 aromatic rings. The third-order valence-electron chi connectivity index (χ3n) is 4.62. The van der Waals surface area contributed by atoms with Crippen molar-refractivity contribution in [1.29, 1.82) is 0 Å². The SMILES string of the molecule is Cc1ccc(Cl)cc1-n1c(C)cc(/C=N\NC(=O)[C@@H](O)c2ccccc2)c1C. The maximum atomic E-state index is 12.1. The van der Waals surface area contributed by atoms with E-state index in [2.05, 4.69) is 15.1 Å². The fourth-order valence-corrected chi connectivity index (χ4v) is 3.29. The van der Waals surface area contributed by atoms with E-state index >= 15 is 0 Å². The second kappa shape index (κ2) is 8.42. The number of amides is 1. The summed E-state index contributed by atoms with van der Waals surface area (Å²) in [6.45, 7) is 6.02. The molecule has 0 fully saturated rings. The first-order chi connectivity index (χ1) is 13.4. The molecule has 0 aliphatic heterocycles. The largest absolute Gasteiger partial charge is 0.378 e. The summed E-state index contributed by atoms with van der Waals surface area (Å²) in [5.74, 6) is -0.582. The highest BCUT2D eigenvalue weighted by molar-refractivity contribution is 6.30. The lowest BCUT2D eigenvalue weighted by Crippen LogP contribution is -2.25. The predicted octanol–water partition coefficient (Wildman–Crippen LogP) is 4.24. The van der Waals surface area contributed by atoms with Crippen molar-refractivity contribution in [3.05, 3.63) is 87.7 Å². The van der Waals surface area contributed by atoms with E-state index in [1.165, 1.54) is 0 Å². The zero-order chi connectivity index (χ0) is 20.3. The summed E-state index contributed by atoms with van der Waals surface area (Å²) < 4.78 is 2.10. The first kappa shape index (κ1) is 19.9. The van der Waals surface area contributed by atoms with Gasteiger partial charge in [-0.2, -0.15) is 5.10 Å². The van der Waals surface area contributed by atoms with E-state index in [0.29, 0.717) is 10.6 Å². The van der Waals surface area contributed by atoms with Gasteiger partial charge < -0.3 is 9.67 Å². The van der Waals surface area contributed by atoms with Crippen LogP contribution in [-0.4, -0.2) is 21.8 Å². The molecule has 3 rings (SSSR count). The number of aryl methyl sites for hydroxylation is 2. The number of carbonyl (C=O) groups excluding carboxylic acids is 1. The van der Waals surface area contributed by atoms with Gasteiger partial charge in [0.05, 0.1) is 6.21 Å². The van der Waals surface area contributed by atoms with Crippen LogP contribution in [-0.2, 0) is 4.79 Å². The van der Waals surface area contributed by atoms with Gasteiger partial charge in [0.2, 0.25) is 0 Å². The van der Waals surface area contributed by atoms with Crippen molar-refractivity contribution in [3.8, 4) is 5.69 Å². The Morgan fingerprint density at radius 1 is 1.14 bits per heavy atom. The summed E-state index contributed by atoms with van der Waals surface area (Å²) in [7, 11) is 0. The second-order valence-corrected chi connectivity index (χ2v) is 7.08. The van der Waals surface area contributed by atoms with Crippen LogP contribution in [0, 0.1) is 20.8 Å². The van der Waals surface area contributed by atoms with Crippen molar-refractivity contribution in [3.63, 3.8) is 0 Å². The normalized spacial score (nSPS) is 12.3. The van der Waals surface area contributed by atoms with Crippen LogP contribution in [0.4, 0.5) is 0 Å². The molecule has 0 unspecified atom stereocenters. The van der Waals surface area contributed by atoms with Crippen LogP contribution in [0.15, 0.2) is 59.7 Å². The first-order valence-corrected chi connectivity index (χ1v) is 9.27. The number of hydrogen-bond donors (Lipinski definition) is 2. The second-order valence-electron chi connectivity index (χ2n) is 6.64. The number of aliphatic hydroxyl groups is 1. The van der Waals surface area contributed by atoms with E-state index < -0.39 is 12.0 Å². The molecule has 0 saturated heterocycles. The van der Waals surface area contributed by atoms with Gasteiger partial charge in [-0.1, -0.05) is 48.0 Å². The number of hydrogen-bond acceptors (Lipinski definition) is 3. The smallest absolute Gasteiger partial charge is 0.273 e. The third kappa shape index (κ3) is 4.16. The van der Waals surface area contributed by atoms with Crippen LogP contribution in [0.3, 0.4) is 0 Å². The van der Waals surface area contributed by atoms with Crippen molar-refractivity contribution in [1.82, 2.24) is 9.99 Å². The number of nitrogens with one attached hydrogen (secondary N) is 1. The lowest BCUT2D eigenvalue weighted by molar-refractivity contribution is -0.129. The van der Waals surface area contributed by atoms with E-state index in [9.17, 15) is 9.90 Å². The Hall–Kier alpha value is -2.89. The van der Waals surface area contributed by atoms with E-state index in [0.717, 1.165) is 28.2 Å². The predicted molar refractivity (Wildman–Crippen MR) is 112 cm³/mol. The number of carbonyl (C=O) groups is 1. The molecule has 5 nitrogen and oxygen atoms in total. The maximum Gasteiger partial charge on any atom is 0.273 e. The zero-order valence-corrected chi connectivity index (χ0v) is 16.7. The lowest BCUT2D eigenvalue weighted by Gasteiger charge is -2.13. The molecule has 0 saturated carbocycles. The number of benzene rings is 2. The van der Waals surface area contributed by atoms with E-state index in [-0.39, 0.29) is 0 Å². The highest BCUT2D eigenvalue weighted by atomic mass is 35.5. The van der Waals surface area contributed by atoms with Gasteiger partial charge in [0.1, 0.15) is 0 Å². The number of nitrogens with zero attached hydrogens (tertiary/aromatic N) is 2. The van der Waals surface area contributed by atoms with Gasteiger partial charge in [0, 0.05) is 27.7 Å². The maximum absolute atomic E-state index is 12.1. The molecule has 0 aliphatic carbocycles. The molecule has 0 bridgehead atoms. The van der Waals surface area contributed by atoms with Gasteiger partial charge in [0.15, 0.2) is 6.10 Å². The molecule has 0 spiro atoms. The van der Waals surface area contributed by atoms with Gasteiger partial charge in [-0.15, -0.1) is 0 Å². The number of rotatable bonds is 5. The lowest BCUT2D eigenvalue weighted by atomic mass is 10.1. The van der Waals surface area contributed by atoms with Gasteiger partial charge in [-0.3, -0.25) is 4.79 Å². The van der Waals surface area contributed by atoms with Crippen LogP contribution in [0.1, 0.15) is 34.2 Å². The minimum Gasteiger partial charge on any atom is -0.378 e. The minimum absolute atomic E-state index is 0.518. The minimum atomic E-state index is -1.26. The van der Waals surface area contributed by atoms with Crippen LogP contribution in [0.5, 0.6) is 0 Å². The highest BCUT2D eigenvalue weighted by Crippen LogP contribution is 2.25. The Kier molecular flexibility index (Phi) is 5.97. The molecule has 6 heteroatoms. The fourth-order valence-electron chi connectivity index (χ4n) is 3.13. The number of aliphatic hydroxyl groups excluding tert-OH is 1. The van der Waals surface area contributed by atoms with Crippen molar-refractivity contribution in [2.24, 2.45) is 5.10 Å². The van der Waals surface area contributed by atoms with Gasteiger partial charge in [0.25, 0.3) is 5.91 Å². The third-order valence-corrected chi connectivity index (χ3v) is 4.86. The number of hydrazone groups is 1. The Balaban J connectivity index is 1.78. The Labute approximate surface area is 169 Å². The summed E-state index contributed by atoms with van der Waals surface area (Å²) in [4.78, 5) is 12.1. The van der Waals surface area contributed by atoms with E-state index in [4.69, 9.17) is 11.6 Å². The van der Waals surface area contributed by atoms with Crippen molar-refractivity contribution in [2.45, 2.75) is 26.9 Å². The Morgan fingerprint density at radius 3 is 2.57 bits per heavy atom. The summed E-state index contributed by atoms with van der Waals surface area (Å²) in [6.07, 6.45) is 0.314. The quantitative estimate of drug-likeness (QED) is 0.501. The molecule has 0 radical (unpaired) electrons. The van der Waals surface area contributed by atoms with Crippen molar-refractivity contribution < 1.29 is 9.90 Å². The highest BCUT2D eigenvalue weighted by Gasteiger charge is 2.16. The van der Waals surface area contributed by atoms with Gasteiger partial charge in [-0.05, 0) is 50.1 Å². The molecule has 144 valence electrons. The fraction of sp³-hybridized carbons (Fsp3) is 0.182. The zero-order valence-electron chi connectivity index (χ0n) is 16.0. The molecule has 0 aliphatic rings. The topological polar surface area (TPSA) is 66.6 Å². The van der Waals surface area contributed by atoms with Gasteiger partial charge in [-0.25, -0.2) is 5.43 Å².